The Labute approximate surface area is 183 Å². The van der Waals surface area contributed by atoms with E-state index in [2.05, 4.69) is 28.2 Å². The van der Waals surface area contributed by atoms with E-state index in [0.717, 1.165) is 30.4 Å². The molecular formula is C21H25BrN2O4S. The van der Waals surface area contributed by atoms with Crippen LogP contribution in [0.5, 0.6) is 0 Å². The molecule has 8 heteroatoms. The summed E-state index contributed by atoms with van der Waals surface area (Å²) in [7, 11) is 0. The molecule has 0 bridgehead atoms. The molecule has 3 rings (SSSR count). The van der Waals surface area contributed by atoms with Gasteiger partial charge in [-0.1, -0.05) is 66.0 Å². The quantitative estimate of drug-likeness (QED) is 0.254. The number of halogens is 1. The zero-order chi connectivity index (χ0) is 20.8. The molecule has 1 saturated heterocycles. The number of esters is 1. The number of nitrogens with one attached hydrogen (secondary N) is 1. The second kappa shape index (κ2) is 10.3. The van der Waals surface area contributed by atoms with E-state index in [4.69, 9.17) is 4.74 Å². The third-order valence-corrected chi connectivity index (χ3v) is 6.83. The summed E-state index contributed by atoms with van der Waals surface area (Å²) in [6, 6.07) is 8.04. The lowest BCUT2D eigenvalue weighted by atomic mass is 9.98. The van der Waals surface area contributed by atoms with E-state index in [1.807, 2.05) is 35.7 Å². The van der Waals surface area contributed by atoms with Gasteiger partial charge in [0, 0.05) is 5.33 Å². The molecule has 2 amide bonds. The molecule has 0 radical (unpaired) electrons. The minimum atomic E-state index is -0.725. The Morgan fingerprint density at radius 1 is 1.24 bits per heavy atom. The summed E-state index contributed by atoms with van der Waals surface area (Å²) in [6.45, 7) is 2.44. The Hall–Kier alpha value is -1.80. The van der Waals surface area contributed by atoms with Crippen molar-refractivity contribution in [1.82, 2.24) is 10.2 Å². The van der Waals surface area contributed by atoms with Crippen LogP contribution in [0.15, 0.2) is 41.3 Å². The van der Waals surface area contributed by atoms with Crippen LogP contribution < -0.4 is 5.32 Å². The number of benzene rings is 1. The molecule has 2 unspecified atom stereocenters. The highest BCUT2D eigenvalue weighted by Gasteiger charge is 2.55. The standard InChI is InChI=1S/C21H25BrN2O4S/c1-2-3-7-10-28-21(27)18-15(12-22)13-29-20-17(19(26)24(18)20)23-16(25)11-14-8-5-4-6-9-14/h4-6,8-9,13,17-18,20H,2-3,7,10-12H2,1H3,(H,23,25)/t17?,18?,20-/m0/s1. The van der Waals surface area contributed by atoms with Crippen LogP contribution in [0, 0.1) is 0 Å². The number of carbonyl (C=O) groups excluding carboxylic acids is 3. The highest BCUT2D eigenvalue weighted by Crippen LogP contribution is 2.40. The summed E-state index contributed by atoms with van der Waals surface area (Å²) in [5.74, 6) is -0.853. The maximum Gasteiger partial charge on any atom is 0.333 e. The largest absolute Gasteiger partial charge is 0.464 e. The van der Waals surface area contributed by atoms with E-state index in [9.17, 15) is 14.4 Å². The monoisotopic (exact) mass is 480 g/mol. The maximum absolute atomic E-state index is 12.8. The van der Waals surface area contributed by atoms with Crippen molar-refractivity contribution >= 4 is 45.5 Å². The van der Waals surface area contributed by atoms with Gasteiger partial charge in [0.05, 0.1) is 13.0 Å². The Bertz CT molecular complexity index is 786. The van der Waals surface area contributed by atoms with Crippen molar-refractivity contribution in [3.63, 3.8) is 0 Å². The first-order valence-corrected chi connectivity index (χ1v) is 11.9. The Morgan fingerprint density at radius 2 is 2.00 bits per heavy atom. The number of nitrogens with zero attached hydrogens (tertiary/aromatic N) is 1. The molecule has 0 aliphatic carbocycles. The molecule has 3 atom stereocenters. The number of rotatable bonds is 9. The van der Waals surface area contributed by atoms with E-state index in [0.29, 0.717) is 11.9 Å². The molecule has 1 aromatic rings. The third-order valence-electron chi connectivity index (χ3n) is 4.96. The van der Waals surface area contributed by atoms with Crippen LogP contribution in [0.2, 0.25) is 0 Å². The van der Waals surface area contributed by atoms with Crippen molar-refractivity contribution in [2.24, 2.45) is 0 Å². The van der Waals surface area contributed by atoms with E-state index in [-0.39, 0.29) is 23.6 Å². The molecule has 2 aliphatic heterocycles. The minimum absolute atomic E-state index is 0.205. The van der Waals surface area contributed by atoms with Crippen LogP contribution in [0.4, 0.5) is 0 Å². The summed E-state index contributed by atoms with van der Waals surface area (Å²) in [5.41, 5.74) is 1.69. The van der Waals surface area contributed by atoms with Gasteiger partial charge in [0.15, 0.2) is 6.04 Å². The molecule has 1 aromatic carbocycles. The average Bonchev–Trinajstić information content (AvgIpc) is 2.74. The number of thioether (sulfide) groups is 1. The number of ether oxygens (including phenoxy) is 1. The predicted molar refractivity (Wildman–Crippen MR) is 116 cm³/mol. The maximum atomic E-state index is 12.8. The molecule has 0 aromatic heterocycles. The first-order chi connectivity index (χ1) is 14.1. The number of hydrogen-bond acceptors (Lipinski definition) is 5. The molecule has 2 heterocycles. The van der Waals surface area contributed by atoms with E-state index in [1.165, 1.54) is 16.7 Å². The number of hydrogen-bond donors (Lipinski definition) is 1. The average molecular weight is 481 g/mol. The Balaban J connectivity index is 1.62. The van der Waals surface area contributed by atoms with Crippen molar-refractivity contribution in [3.05, 3.63) is 46.9 Å². The number of β-lactam (4-membered cyclic amide) rings is 1. The number of fused-ring (bicyclic) bond motifs is 1. The molecule has 29 heavy (non-hydrogen) atoms. The summed E-state index contributed by atoms with van der Waals surface area (Å²) in [6.07, 6.45) is 3.07. The minimum Gasteiger partial charge on any atom is -0.464 e. The zero-order valence-corrected chi connectivity index (χ0v) is 18.7. The highest BCUT2D eigenvalue weighted by atomic mass is 79.9. The van der Waals surface area contributed by atoms with Crippen molar-refractivity contribution in [3.8, 4) is 0 Å². The van der Waals surface area contributed by atoms with Crippen LogP contribution >= 0.6 is 27.7 Å². The molecule has 6 nitrogen and oxygen atoms in total. The molecule has 0 saturated carbocycles. The first-order valence-electron chi connectivity index (χ1n) is 9.79. The van der Waals surface area contributed by atoms with Gasteiger partial charge >= 0.3 is 5.97 Å². The SMILES string of the molecule is CCCCCOC(=O)C1C(CBr)=CS[C@H]2C(NC(=O)Cc3ccccc3)C(=O)N12. The lowest BCUT2D eigenvalue weighted by Crippen LogP contribution is -2.74. The number of unbranched alkanes of at least 4 members (excludes halogenated alkanes) is 2. The fourth-order valence-corrected chi connectivity index (χ4v) is 5.32. The fourth-order valence-electron chi connectivity index (χ4n) is 3.42. The summed E-state index contributed by atoms with van der Waals surface area (Å²) in [5, 5.41) is 4.91. The lowest BCUT2D eigenvalue weighted by molar-refractivity contribution is -0.163. The van der Waals surface area contributed by atoms with Gasteiger partial charge in [0.1, 0.15) is 11.4 Å². The smallest absolute Gasteiger partial charge is 0.333 e. The van der Waals surface area contributed by atoms with Gasteiger partial charge in [-0.25, -0.2) is 4.79 Å². The van der Waals surface area contributed by atoms with Crippen LogP contribution in [-0.4, -0.2) is 52.1 Å². The number of alkyl halides is 1. The Morgan fingerprint density at radius 3 is 2.69 bits per heavy atom. The van der Waals surface area contributed by atoms with Gasteiger partial charge in [-0.3, -0.25) is 9.59 Å². The van der Waals surface area contributed by atoms with Crippen LogP contribution in [0.1, 0.15) is 31.7 Å². The molecule has 2 aliphatic rings. The van der Waals surface area contributed by atoms with Gasteiger partial charge in [-0.15, -0.1) is 11.8 Å². The fraction of sp³-hybridized carbons (Fsp3) is 0.476. The van der Waals surface area contributed by atoms with Gasteiger partial charge < -0.3 is 15.0 Å². The van der Waals surface area contributed by atoms with Crippen molar-refractivity contribution in [2.75, 3.05) is 11.9 Å². The van der Waals surface area contributed by atoms with Crippen LogP contribution in [-0.2, 0) is 25.5 Å². The summed E-state index contributed by atoms with van der Waals surface area (Å²) < 4.78 is 5.42. The van der Waals surface area contributed by atoms with Gasteiger partial charge in [-0.05, 0) is 23.0 Å². The second-order valence-electron chi connectivity index (χ2n) is 7.08. The van der Waals surface area contributed by atoms with Gasteiger partial charge in [0.25, 0.3) is 0 Å². The highest BCUT2D eigenvalue weighted by molar-refractivity contribution is 9.09. The normalized spacial score (nSPS) is 23.0. The van der Waals surface area contributed by atoms with Crippen LogP contribution in [0.3, 0.4) is 0 Å². The molecule has 1 fully saturated rings. The van der Waals surface area contributed by atoms with Gasteiger partial charge in [-0.2, -0.15) is 0 Å². The molecule has 1 N–H and O–H groups in total. The first kappa shape index (κ1) is 21.9. The van der Waals surface area contributed by atoms with Gasteiger partial charge in [0.2, 0.25) is 11.8 Å². The zero-order valence-electron chi connectivity index (χ0n) is 16.3. The number of carbonyl (C=O) groups is 3. The predicted octanol–water partition coefficient (Wildman–Crippen LogP) is 3.01. The lowest BCUT2D eigenvalue weighted by Gasteiger charge is -2.51. The van der Waals surface area contributed by atoms with Crippen molar-refractivity contribution < 1.29 is 19.1 Å². The summed E-state index contributed by atoms with van der Waals surface area (Å²) >= 11 is 4.85. The van der Waals surface area contributed by atoms with E-state index in [1.54, 1.807) is 0 Å². The van der Waals surface area contributed by atoms with Crippen molar-refractivity contribution in [2.45, 2.75) is 50.1 Å². The van der Waals surface area contributed by atoms with Crippen molar-refractivity contribution in [1.29, 1.82) is 0 Å². The molecular weight excluding hydrogens is 456 g/mol. The second-order valence-corrected chi connectivity index (χ2v) is 8.63. The van der Waals surface area contributed by atoms with E-state index >= 15 is 0 Å². The molecule has 0 spiro atoms. The Kier molecular flexibility index (Phi) is 7.77. The van der Waals surface area contributed by atoms with E-state index < -0.39 is 18.1 Å². The third kappa shape index (κ3) is 5.04. The van der Waals surface area contributed by atoms with Crippen LogP contribution in [0.25, 0.3) is 0 Å². The number of amides is 2. The molecule has 156 valence electrons. The topological polar surface area (TPSA) is 75.7 Å². The summed E-state index contributed by atoms with van der Waals surface area (Å²) in [4.78, 5) is 39.4.